The summed E-state index contributed by atoms with van der Waals surface area (Å²) in [6.07, 6.45) is 0. The lowest BCUT2D eigenvalue weighted by Crippen LogP contribution is -2.39. The van der Waals surface area contributed by atoms with Crippen molar-refractivity contribution in [3.63, 3.8) is 0 Å². The molecule has 6 heteroatoms. The fourth-order valence-electron chi connectivity index (χ4n) is 1.46. The van der Waals surface area contributed by atoms with Crippen LogP contribution in [0.4, 0.5) is 5.69 Å². The first-order chi connectivity index (χ1) is 8.08. The van der Waals surface area contributed by atoms with Crippen molar-refractivity contribution in [3.8, 4) is 0 Å². The molecule has 1 atom stereocenters. The molecule has 4 nitrogen and oxygen atoms in total. The lowest BCUT2D eigenvalue weighted by molar-refractivity contribution is -0.118. The molecule has 1 aromatic carbocycles. The number of nitrogens with one attached hydrogen (secondary N) is 1. The number of amides is 1. The molecule has 1 amide bonds. The highest BCUT2D eigenvalue weighted by molar-refractivity contribution is 7.16. The number of nitrogens with zero attached hydrogens (tertiary/aromatic N) is 1. The minimum atomic E-state index is -0.479. The third kappa shape index (κ3) is 3.19. The first-order valence-corrected chi connectivity index (χ1v) is 6.35. The number of anilines is 1. The third-order valence-electron chi connectivity index (χ3n) is 2.62. The number of fused-ring (bicyclic) bond motifs is 1. The van der Waals surface area contributed by atoms with Crippen molar-refractivity contribution in [2.75, 3.05) is 5.32 Å². The van der Waals surface area contributed by atoms with Gasteiger partial charge < -0.3 is 11.1 Å². The summed E-state index contributed by atoms with van der Waals surface area (Å²) < 4.78 is 1.06. The molecule has 0 bridgehead atoms. The third-order valence-corrected chi connectivity index (χ3v) is 3.41. The van der Waals surface area contributed by atoms with Gasteiger partial charge in [0.1, 0.15) is 0 Å². The second-order valence-electron chi connectivity index (χ2n) is 4.29. The predicted molar refractivity (Wildman–Crippen MR) is 78.3 cm³/mol. The average Bonchev–Trinajstić information content (AvgIpc) is 2.74. The SMILES string of the molecule is CC(C)C(N)C(=O)Nc1ccc2ncsc2c1.Cl. The van der Waals surface area contributed by atoms with Crippen molar-refractivity contribution < 1.29 is 4.79 Å². The molecule has 1 heterocycles. The Balaban J connectivity index is 0.00000162. The van der Waals surface area contributed by atoms with E-state index in [-0.39, 0.29) is 24.2 Å². The van der Waals surface area contributed by atoms with E-state index in [4.69, 9.17) is 5.73 Å². The summed E-state index contributed by atoms with van der Waals surface area (Å²) in [5, 5.41) is 2.82. The molecule has 1 aromatic heterocycles. The van der Waals surface area contributed by atoms with Crippen LogP contribution in [0.25, 0.3) is 10.2 Å². The van der Waals surface area contributed by atoms with Gasteiger partial charge in [0.25, 0.3) is 0 Å². The second-order valence-corrected chi connectivity index (χ2v) is 5.18. The molecule has 0 aliphatic rings. The Hall–Kier alpha value is -1.17. The zero-order valence-electron chi connectivity index (χ0n) is 10.2. The Morgan fingerprint density at radius 3 is 2.83 bits per heavy atom. The highest BCUT2D eigenvalue weighted by atomic mass is 35.5. The van der Waals surface area contributed by atoms with E-state index in [1.54, 1.807) is 16.8 Å². The maximum absolute atomic E-state index is 11.8. The van der Waals surface area contributed by atoms with Crippen LogP contribution in [-0.2, 0) is 4.79 Å². The number of carbonyl (C=O) groups excluding carboxylic acids is 1. The van der Waals surface area contributed by atoms with Crippen LogP contribution in [0.2, 0.25) is 0 Å². The minimum absolute atomic E-state index is 0. The largest absolute Gasteiger partial charge is 0.325 e. The molecule has 0 saturated heterocycles. The minimum Gasteiger partial charge on any atom is -0.325 e. The van der Waals surface area contributed by atoms with Crippen LogP contribution in [0.15, 0.2) is 23.7 Å². The molecule has 2 aromatic rings. The van der Waals surface area contributed by atoms with Crippen LogP contribution in [0.5, 0.6) is 0 Å². The van der Waals surface area contributed by atoms with Gasteiger partial charge in [0, 0.05) is 5.69 Å². The first-order valence-electron chi connectivity index (χ1n) is 5.47. The van der Waals surface area contributed by atoms with Crippen LogP contribution in [0.3, 0.4) is 0 Å². The van der Waals surface area contributed by atoms with Crippen molar-refractivity contribution >= 4 is 45.6 Å². The van der Waals surface area contributed by atoms with Crippen LogP contribution < -0.4 is 11.1 Å². The van der Waals surface area contributed by atoms with Gasteiger partial charge in [0.05, 0.1) is 21.8 Å². The second kappa shape index (κ2) is 6.13. The average molecular weight is 286 g/mol. The number of hydrogen-bond donors (Lipinski definition) is 2. The van der Waals surface area contributed by atoms with Gasteiger partial charge in [-0.15, -0.1) is 23.7 Å². The van der Waals surface area contributed by atoms with Crippen LogP contribution in [-0.4, -0.2) is 16.9 Å². The highest BCUT2D eigenvalue weighted by Gasteiger charge is 2.17. The summed E-state index contributed by atoms with van der Waals surface area (Å²) in [6.45, 7) is 3.85. The Kier molecular flexibility index (Phi) is 5.07. The van der Waals surface area contributed by atoms with Gasteiger partial charge in [-0.1, -0.05) is 13.8 Å². The van der Waals surface area contributed by atoms with Gasteiger partial charge in [0.2, 0.25) is 5.91 Å². The summed E-state index contributed by atoms with van der Waals surface area (Å²) in [5.74, 6) is -0.0222. The lowest BCUT2D eigenvalue weighted by Gasteiger charge is -2.15. The van der Waals surface area contributed by atoms with E-state index in [2.05, 4.69) is 10.3 Å². The van der Waals surface area contributed by atoms with Crippen LogP contribution in [0.1, 0.15) is 13.8 Å². The number of aromatic nitrogens is 1. The molecular weight excluding hydrogens is 270 g/mol. The number of halogens is 1. The van der Waals surface area contributed by atoms with Crippen molar-refractivity contribution in [1.82, 2.24) is 4.98 Å². The number of hydrogen-bond acceptors (Lipinski definition) is 4. The monoisotopic (exact) mass is 285 g/mol. The predicted octanol–water partition coefficient (Wildman–Crippen LogP) is 2.64. The van der Waals surface area contributed by atoms with Crippen molar-refractivity contribution in [1.29, 1.82) is 0 Å². The summed E-state index contributed by atoms with van der Waals surface area (Å²) in [6, 6.07) is 5.17. The van der Waals surface area contributed by atoms with E-state index in [1.165, 1.54) is 0 Å². The number of nitrogens with two attached hydrogens (primary N) is 1. The Labute approximate surface area is 116 Å². The Morgan fingerprint density at radius 2 is 2.17 bits per heavy atom. The summed E-state index contributed by atoms with van der Waals surface area (Å²) in [4.78, 5) is 16.0. The fraction of sp³-hybridized carbons (Fsp3) is 0.333. The number of benzene rings is 1. The van der Waals surface area contributed by atoms with Gasteiger partial charge in [-0.2, -0.15) is 0 Å². The van der Waals surface area contributed by atoms with Gasteiger partial charge in [-0.3, -0.25) is 4.79 Å². The van der Waals surface area contributed by atoms with E-state index in [0.29, 0.717) is 0 Å². The molecule has 0 fully saturated rings. The topological polar surface area (TPSA) is 68.0 Å². The van der Waals surface area contributed by atoms with Gasteiger partial charge in [0.15, 0.2) is 0 Å². The van der Waals surface area contributed by atoms with Crippen molar-refractivity contribution in [2.24, 2.45) is 11.7 Å². The summed E-state index contributed by atoms with van der Waals surface area (Å²) >= 11 is 1.55. The zero-order valence-corrected chi connectivity index (χ0v) is 11.8. The molecule has 1 unspecified atom stereocenters. The molecule has 0 aliphatic carbocycles. The van der Waals surface area contributed by atoms with Crippen molar-refractivity contribution in [2.45, 2.75) is 19.9 Å². The van der Waals surface area contributed by atoms with E-state index in [9.17, 15) is 4.79 Å². The molecule has 2 rings (SSSR count). The normalized spacial score (nSPS) is 12.2. The zero-order chi connectivity index (χ0) is 12.4. The maximum atomic E-state index is 11.8. The smallest absolute Gasteiger partial charge is 0.241 e. The van der Waals surface area contributed by atoms with E-state index in [0.717, 1.165) is 15.9 Å². The number of carbonyl (C=O) groups is 1. The van der Waals surface area contributed by atoms with Gasteiger partial charge in [-0.05, 0) is 24.1 Å². The van der Waals surface area contributed by atoms with Crippen molar-refractivity contribution in [3.05, 3.63) is 23.7 Å². The molecule has 98 valence electrons. The summed E-state index contributed by atoms with van der Waals surface area (Å²) in [5.41, 5.74) is 9.28. The Bertz CT molecular complexity index is 541. The Morgan fingerprint density at radius 1 is 1.44 bits per heavy atom. The molecule has 3 N–H and O–H groups in total. The first kappa shape index (κ1) is 14.9. The van der Waals surface area contributed by atoms with Gasteiger partial charge in [-0.25, -0.2) is 4.98 Å². The molecule has 0 saturated carbocycles. The van der Waals surface area contributed by atoms with E-state index < -0.39 is 6.04 Å². The molecule has 0 aliphatic heterocycles. The molecule has 0 radical (unpaired) electrons. The number of thiazole rings is 1. The molecule has 0 spiro atoms. The highest BCUT2D eigenvalue weighted by Crippen LogP contribution is 2.21. The number of rotatable bonds is 3. The quantitative estimate of drug-likeness (QED) is 0.911. The van der Waals surface area contributed by atoms with Crippen LogP contribution in [0, 0.1) is 5.92 Å². The summed E-state index contributed by atoms with van der Waals surface area (Å²) in [7, 11) is 0. The van der Waals surface area contributed by atoms with Gasteiger partial charge >= 0.3 is 0 Å². The molecular formula is C12H16ClN3OS. The fourth-order valence-corrected chi connectivity index (χ4v) is 2.18. The van der Waals surface area contributed by atoms with E-state index >= 15 is 0 Å². The lowest BCUT2D eigenvalue weighted by atomic mass is 10.1. The maximum Gasteiger partial charge on any atom is 0.241 e. The van der Waals surface area contributed by atoms with E-state index in [1.807, 2.05) is 32.0 Å². The van der Waals surface area contributed by atoms with Crippen LogP contribution >= 0.6 is 23.7 Å². The standard InChI is InChI=1S/C12H15N3OS.ClH/c1-7(2)11(13)12(16)15-8-3-4-9-10(5-8)17-6-14-9;/h3-7,11H,13H2,1-2H3,(H,15,16);1H. The molecule has 18 heavy (non-hydrogen) atoms.